The number of aromatic hydroxyl groups is 1. The van der Waals surface area contributed by atoms with Crippen molar-refractivity contribution in [2.75, 3.05) is 7.11 Å². The van der Waals surface area contributed by atoms with Gasteiger partial charge in [-0.25, -0.2) is 0 Å². The van der Waals surface area contributed by atoms with Crippen LogP contribution >= 0.6 is 22.6 Å². The molecule has 2 fully saturated rings. The molecule has 6 nitrogen and oxygen atoms in total. The summed E-state index contributed by atoms with van der Waals surface area (Å²) in [6, 6.07) is 3.32. The van der Waals surface area contributed by atoms with Crippen LogP contribution in [0.5, 0.6) is 11.5 Å². The Balaban J connectivity index is 1.60. The fraction of sp³-hybridized carbons (Fsp3) is 0.353. The minimum atomic E-state index is -0.251. The van der Waals surface area contributed by atoms with E-state index in [9.17, 15) is 14.7 Å². The number of amides is 2. The van der Waals surface area contributed by atoms with Gasteiger partial charge < -0.3 is 9.84 Å². The van der Waals surface area contributed by atoms with E-state index in [1.165, 1.54) is 13.3 Å². The number of ether oxygens (including phenoxy) is 1. The van der Waals surface area contributed by atoms with Crippen LogP contribution in [0.2, 0.25) is 0 Å². The average molecular weight is 438 g/mol. The van der Waals surface area contributed by atoms with Crippen LogP contribution in [-0.4, -0.2) is 35.3 Å². The van der Waals surface area contributed by atoms with Crippen molar-refractivity contribution in [3.05, 3.63) is 33.4 Å². The fourth-order valence-electron chi connectivity index (χ4n) is 3.95. The van der Waals surface area contributed by atoms with Crippen LogP contribution in [0.1, 0.15) is 12.0 Å². The van der Waals surface area contributed by atoms with Crippen LogP contribution in [0.15, 0.2) is 29.4 Å². The van der Waals surface area contributed by atoms with Gasteiger partial charge in [0.25, 0.3) is 11.8 Å². The van der Waals surface area contributed by atoms with Gasteiger partial charge in [-0.05, 0) is 58.5 Å². The molecule has 1 aromatic rings. The first-order valence-electron chi connectivity index (χ1n) is 7.68. The number of imide groups is 1. The zero-order valence-corrected chi connectivity index (χ0v) is 15.0. The molecule has 1 N–H and O–H groups in total. The number of rotatable bonds is 3. The Morgan fingerprint density at radius 3 is 2.46 bits per heavy atom. The van der Waals surface area contributed by atoms with Gasteiger partial charge in [0.15, 0.2) is 11.5 Å². The van der Waals surface area contributed by atoms with E-state index in [1.807, 2.05) is 22.6 Å². The topological polar surface area (TPSA) is 79.2 Å². The number of hydrogen-bond acceptors (Lipinski definition) is 5. The molecular weight excluding hydrogens is 423 g/mol. The maximum Gasteiger partial charge on any atom is 0.254 e. The number of nitrogens with zero attached hydrogens (tertiary/aromatic N) is 2. The second kappa shape index (κ2) is 5.58. The highest BCUT2D eigenvalue weighted by Gasteiger charge is 2.59. The molecule has 0 spiro atoms. The molecule has 0 aromatic heterocycles. The summed E-state index contributed by atoms with van der Waals surface area (Å²) in [5, 5.41) is 15.0. The number of hydrogen-bond donors (Lipinski definition) is 1. The highest BCUT2D eigenvalue weighted by Crippen LogP contribution is 2.52. The quantitative estimate of drug-likeness (QED) is 0.340. The molecule has 1 saturated heterocycles. The molecule has 1 heterocycles. The van der Waals surface area contributed by atoms with E-state index in [2.05, 4.69) is 17.3 Å². The van der Waals surface area contributed by atoms with Crippen molar-refractivity contribution >= 4 is 40.6 Å². The van der Waals surface area contributed by atoms with E-state index < -0.39 is 0 Å². The maximum atomic E-state index is 12.5. The fourth-order valence-corrected chi connectivity index (χ4v) is 4.57. The lowest BCUT2D eigenvalue weighted by Crippen LogP contribution is -2.28. The first kappa shape index (κ1) is 15.6. The highest BCUT2D eigenvalue weighted by molar-refractivity contribution is 14.1. The van der Waals surface area contributed by atoms with Gasteiger partial charge >= 0.3 is 0 Å². The van der Waals surface area contributed by atoms with Crippen LogP contribution in [0.25, 0.3) is 0 Å². The second-order valence-electron chi connectivity index (χ2n) is 6.29. The van der Waals surface area contributed by atoms with Crippen molar-refractivity contribution < 1.29 is 19.4 Å². The Labute approximate surface area is 152 Å². The number of allylic oxidation sites excluding steroid dienone is 2. The SMILES string of the molecule is COc1cc(C=NN2C(=O)[C@@H]3[C@H](C2=O)[C@H]2C=C[C@H]3C2)cc(I)c1O. The molecule has 4 atom stereocenters. The van der Waals surface area contributed by atoms with Gasteiger partial charge in [-0.3, -0.25) is 9.59 Å². The van der Waals surface area contributed by atoms with E-state index in [0.29, 0.717) is 14.9 Å². The lowest BCUT2D eigenvalue weighted by molar-refractivity contribution is -0.140. The first-order valence-corrected chi connectivity index (χ1v) is 8.75. The first-order chi connectivity index (χ1) is 11.5. The number of fused-ring (bicyclic) bond motifs is 5. The maximum absolute atomic E-state index is 12.5. The van der Waals surface area contributed by atoms with Crippen LogP contribution < -0.4 is 4.74 Å². The van der Waals surface area contributed by atoms with Crippen molar-refractivity contribution in [1.29, 1.82) is 0 Å². The third-order valence-corrected chi connectivity index (χ3v) is 5.86. The van der Waals surface area contributed by atoms with E-state index in [-0.39, 0.29) is 41.2 Å². The van der Waals surface area contributed by atoms with E-state index in [4.69, 9.17) is 4.74 Å². The minimum absolute atomic E-state index is 0.0563. The van der Waals surface area contributed by atoms with Gasteiger partial charge in [0, 0.05) is 0 Å². The number of benzene rings is 1. The summed E-state index contributed by atoms with van der Waals surface area (Å²) in [5.41, 5.74) is 0.646. The average Bonchev–Trinajstić information content (AvgIpc) is 3.23. The van der Waals surface area contributed by atoms with Crippen molar-refractivity contribution in [3.8, 4) is 11.5 Å². The number of hydrazone groups is 1. The Bertz CT molecular complexity index is 774. The molecule has 0 unspecified atom stereocenters. The second-order valence-corrected chi connectivity index (χ2v) is 7.45. The molecule has 24 heavy (non-hydrogen) atoms. The Hall–Kier alpha value is -1.90. The van der Waals surface area contributed by atoms with Gasteiger partial charge in [0.2, 0.25) is 0 Å². The standard InChI is InChI=1S/C17H15IN2O4/c1-24-12-5-8(4-11(18)15(12)21)7-19-20-16(22)13-9-2-3-10(6-9)14(13)17(20)23/h2-5,7,9-10,13-14,21H,6H2,1H3/t9-,10-,13-,14+/m0/s1. The third kappa shape index (κ3) is 2.17. The van der Waals surface area contributed by atoms with Crippen LogP contribution in [-0.2, 0) is 9.59 Å². The number of phenolic OH excluding ortho intramolecular Hbond substituents is 1. The van der Waals surface area contributed by atoms with E-state index >= 15 is 0 Å². The van der Waals surface area contributed by atoms with Crippen LogP contribution in [0.4, 0.5) is 0 Å². The summed E-state index contributed by atoms with van der Waals surface area (Å²) in [4.78, 5) is 25.1. The molecule has 4 rings (SSSR count). The van der Waals surface area contributed by atoms with E-state index in [0.717, 1.165) is 11.4 Å². The summed E-state index contributed by atoms with van der Waals surface area (Å²) in [5.74, 6) is -0.199. The summed E-state index contributed by atoms with van der Waals surface area (Å²) >= 11 is 1.98. The van der Waals surface area contributed by atoms with Crippen molar-refractivity contribution in [2.24, 2.45) is 28.8 Å². The molecule has 7 heteroatoms. The summed E-state index contributed by atoms with van der Waals surface area (Å²) < 4.78 is 5.71. The lowest BCUT2D eigenvalue weighted by Gasteiger charge is -2.13. The summed E-state index contributed by atoms with van der Waals surface area (Å²) in [7, 11) is 1.46. The number of carbonyl (C=O) groups is 2. The number of carbonyl (C=O) groups excluding carboxylic acids is 2. The van der Waals surface area contributed by atoms with Gasteiger partial charge in [-0.2, -0.15) is 10.1 Å². The highest BCUT2D eigenvalue weighted by atomic mass is 127. The van der Waals surface area contributed by atoms with Crippen molar-refractivity contribution in [2.45, 2.75) is 6.42 Å². The summed E-state index contributed by atoms with van der Waals surface area (Å²) in [6.07, 6.45) is 6.46. The molecular formula is C17H15IN2O4. The molecule has 1 aliphatic heterocycles. The normalized spacial score (nSPS) is 30.7. The molecule has 124 valence electrons. The lowest BCUT2D eigenvalue weighted by atomic mass is 9.85. The van der Waals surface area contributed by atoms with E-state index in [1.54, 1.807) is 12.1 Å². The molecule has 2 aliphatic carbocycles. The van der Waals surface area contributed by atoms with Gasteiger partial charge in [-0.15, -0.1) is 0 Å². The monoisotopic (exact) mass is 438 g/mol. The molecule has 2 bridgehead atoms. The largest absolute Gasteiger partial charge is 0.504 e. The molecule has 0 radical (unpaired) electrons. The number of methoxy groups -OCH3 is 1. The molecule has 1 aromatic carbocycles. The molecule has 1 saturated carbocycles. The number of halogens is 1. The Morgan fingerprint density at radius 2 is 1.88 bits per heavy atom. The van der Waals surface area contributed by atoms with Gasteiger partial charge in [0.1, 0.15) is 0 Å². The zero-order chi connectivity index (χ0) is 17.0. The Kier molecular flexibility index (Phi) is 3.63. The zero-order valence-electron chi connectivity index (χ0n) is 12.8. The predicted octanol–water partition coefficient (Wildman–Crippen LogP) is 2.15. The van der Waals surface area contributed by atoms with Crippen molar-refractivity contribution in [3.63, 3.8) is 0 Å². The predicted molar refractivity (Wildman–Crippen MR) is 94.5 cm³/mol. The number of phenols is 1. The van der Waals surface area contributed by atoms with Crippen LogP contribution in [0, 0.1) is 27.2 Å². The van der Waals surface area contributed by atoms with Crippen molar-refractivity contribution in [1.82, 2.24) is 5.01 Å². The Morgan fingerprint density at radius 1 is 1.25 bits per heavy atom. The molecule has 3 aliphatic rings. The molecule has 2 amide bonds. The third-order valence-electron chi connectivity index (χ3n) is 5.04. The minimum Gasteiger partial charge on any atom is -0.504 e. The van der Waals surface area contributed by atoms with Gasteiger partial charge in [-0.1, -0.05) is 12.2 Å². The van der Waals surface area contributed by atoms with Gasteiger partial charge in [0.05, 0.1) is 28.7 Å². The smallest absolute Gasteiger partial charge is 0.254 e. The van der Waals surface area contributed by atoms with Crippen LogP contribution in [0.3, 0.4) is 0 Å². The summed E-state index contributed by atoms with van der Waals surface area (Å²) in [6.45, 7) is 0.